The largest absolute Gasteiger partial charge is 0.312 e. The smallest absolute Gasteiger partial charge is 0.0857 e. The second kappa shape index (κ2) is 6.23. The topological polar surface area (TPSA) is 55.6 Å². The zero-order chi connectivity index (χ0) is 15.6. The van der Waals surface area contributed by atoms with Crippen molar-refractivity contribution in [3.05, 3.63) is 28.0 Å². The summed E-state index contributed by atoms with van der Waals surface area (Å²) >= 11 is 1.50. The third kappa shape index (κ3) is 3.49. The Labute approximate surface area is 130 Å². The van der Waals surface area contributed by atoms with Crippen LogP contribution in [-0.2, 0) is 18.4 Å². The molecule has 0 aliphatic rings. The quantitative estimate of drug-likeness (QED) is 0.923. The summed E-state index contributed by atoms with van der Waals surface area (Å²) in [6.45, 7) is 11.6. The molecule has 0 radical (unpaired) electrons. The Kier molecular flexibility index (Phi) is 4.78. The normalized spacial score (nSPS) is 13.6. The van der Waals surface area contributed by atoms with Crippen molar-refractivity contribution in [1.82, 2.24) is 24.7 Å². The van der Waals surface area contributed by atoms with Crippen molar-refractivity contribution in [2.24, 2.45) is 0 Å². The van der Waals surface area contributed by atoms with Crippen molar-refractivity contribution in [3.63, 3.8) is 0 Å². The molecule has 1 atom stereocenters. The van der Waals surface area contributed by atoms with Gasteiger partial charge >= 0.3 is 0 Å². The van der Waals surface area contributed by atoms with E-state index in [2.05, 4.69) is 58.4 Å². The molecule has 0 saturated carbocycles. The summed E-state index contributed by atoms with van der Waals surface area (Å²) in [7, 11) is 2.00. The van der Waals surface area contributed by atoms with Gasteiger partial charge in [0.15, 0.2) is 0 Å². The first-order valence-electron chi connectivity index (χ1n) is 7.40. The molecule has 0 fully saturated rings. The van der Waals surface area contributed by atoms with Crippen LogP contribution in [-0.4, -0.2) is 26.4 Å². The van der Waals surface area contributed by atoms with Gasteiger partial charge in [0, 0.05) is 24.1 Å². The molecule has 2 aromatic heterocycles. The van der Waals surface area contributed by atoms with Crippen molar-refractivity contribution in [3.8, 4) is 0 Å². The van der Waals surface area contributed by atoms with Crippen molar-refractivity contribution < 1.29 is 0 Å². The first-order chi connectivity index (χ1) is 9.86. The van der Waals surface area contributed by atoms with E-state index in [9.17, 15) is 0 Å². The first kappa shape index (κ1) is 16.1. The summed E-state index contributed by atoms with van der Waals surface area (Å²) in [6, 6.07) is 2.39. The van der Waals surface area contributed by atoms with Gasteiger partial charge in [-0.05, 0) is 38.5 Å². The lowest BCUT2D eigenvalue weighted by Gasteiger charge is -2.21. The van der Waals surface area contributed by atoms with Crippen LogP contribution in [0.2, 0.25) is 0 Å². The molecule has 0 aliphatic heterocycles. The molecule has 21 heavy (non-hydrogen) atoms. The lowest BCUT2D eigenvalue weighted by atomic mass is 9.89. The van der Waals surface area contributed by atoms with Crippen LogP contribution >= 0.6 is 11.5 Å². The number of aryl methyl sites for hydroxylation is 2. The van der Waals surface area contributed by atoms with Crippen LogP contribution in [0.15, 0.2) is 6.07 Å². The van der Waals surface area contributed by atoms with Crippen molar-refractivity contribution >= 4 is 11.5 Å². The molecule has 6 heteroatoms. The molecule has 5 nitrogen and oxygen atoms in total. The minimum absolute atomic E-state index is 0.0123. The number of rotatable bonds is 5. The van der Waals surface area contributed by atoms with Crippen LogP contribution in [0.25, 0.3) is 0 Å². The highest BCUT2D eigenvalue weighted by atomic mass is 32.1. The summed E-state index contributed by atoms with van der Waals surface area (Å²) in [5, 5.41) is 12.3. The van der Waals surface area contributed by atoms with E-state index in [1.165, 1.54) is 22.1 Å². The average Bonchev–Trinajstić information content (AvgIpc) is 3.01. The molecule has 0 saturated heterocycles. The monoisotopic (exact) mass is 307 g/mol. The lowest BCUT2D eigenvalue weighted by Crippen LogP contribution is -2.24. The number of likely N-dealkylation sites (N-methyl/N-ethyl adjacent to an activating group) is 1. The number of hydrogen-bond donors (Lipinski definition) is 1. The van der Waals surface area contributed by atoms with Crippen LogP contribution in [0.3, 0.4) is 0 Å². The van der Waals surface area contributed by atoms with E-state index in [-0.39, 0.29) is 11.5 Å². The van der Waals surface area contributed by atoms with Gasteiger partial charge in [-0.15, -0.1) is 5.10 Å². The standard InChI is InChI=1S/C15H25N5S/c1-7-20-11(8-10(2)18-20)9-12(16-6)13-14(15(3,4)5)17-19-21-13/h8,12,16H,7,9H2,1-6H3. The molecule has 1 N–H and O–H groups in total. The third-order valence-electron chi connectivity index (χ3n) is 3.59. The van der Waals surface area contributed by atoms with E-state index in [0.29, 0.717) is 0 Å². The molecule has 0 spiro atoms. The molecule has 0 bridgehead atoms. The Morgan fingerprint density at radius 2 is 2.10 bits per heavy atom. The molecule has 2 aromatic rings. The van der Waals surface area contributed by atoms with Gasteiger partial charge < -0.3 is 5.32 Å². The Morgan fingerprint density at radius 3 is 2.67 bits per heavy atom. The molecular weight excluding hydrogens is 282 g/mol. The van der Waals surface area contributed by atoms with E-state index < -0.39 is 0 Å². The summed E-state index contributed by atoms with van der Waals surface area (Å²) in [5.74, 6) is 0. The zero-order valence-corrected chi connectivity index (χ0v) is 14.6. The SMILES string of the molecule is CCn1nc(C)cc1CC(NC)c1snnc1C(C)(C)C. The zero-order valence-electron chi connectivity index (χ0n) is 13.8. The van der Waals surface area contributed by atoms with Crippen molar-refractivity contribution in [1.29, 1.82) is 0 Å². The third-order valence-corrected chi connectivity index (χ3v) is 4.42. The fraction of sp³-hybridized carbons (Fsp3) is 0.667. The highest BCUT2D eigenvalue weighted by Crippen LogP contribution is 2.31. The first-order valence-corrected chi connectivity index (χ1v) is 8.17. The molecule has 0 amide bonds. The molecule has 0 aromatic carbocycles. The van der Waals surface area contributed by atoms with E-state index >= 15 is 0 Å². The fourth-order valence-electron chi connectivity index (χ4n) is 2.52. The maximum atomic E-state index is 4.53. The second-order valence-electron chi connectivity index (χ2n) is 6.37. The van der Waals surface area contributed by atoms with Gasteiger partial charge in [-0.25, -0.2) is 0 Å². The van der Waals surface area contributed by atoms with Crippen LogP contribution in [0.5, 0.6) is 0 Å². The lowest BCUT2D eigenvalue weighted by molar-refractivity contribution is 0.514. The molecular formula is C15H25N5S. The fourth-order valence-corrected chi connectivity index (χ4v) is 3.49. The molecule has 2 heterocycles. The van der Waals surface area contributed by atoms with Gasteiger partial charge in [0.05, 0.1) is 22.3 Å². The summed E-state index contributed by atoms with van der Waals surface area (Å²) in [6.07, 6.45) is 0.901. The van der Waals surface area contributed by atoms with Gasteiger partial charge in [-0.1, -0.05) is 25.3 Å². The van der Waals surface area contributed by atoms with Gasteiger partial charge in [0.1, 0.15) is 0 Å². The summed E-state index contributed by atoms with van der Waals surface area (Å²) in [5.41, 5.74) is 3.42. The van der Waals surface area contributed by atoms with Gasteiger partial charge in [-0.3, -0.25) is 4.68 Å². The Bertz CT molecular complexity index is 593. The highest BCUT2D eigenvalue weighted by Gasteiger charge is 2.27. The van der Waals surface area contributed by atoms with Crippen LogP contribution < -0.4 is 5.32 Å². The molecule has 0 aliphatic carbocycles. The number of aromatic nitrogens is 4. The minimum Gasteiger partial charge on any atom is -0.312 e. The minimum atomic E-state index is 0.0123. The number of hydrogen-bond acceptors (Lipinski definition) is 5. The summed E-state index contributed by atoms with van der Waals surface area (Å²) in [4.78, 5) is 1.23. The van der Waals surface area contributed by atoms with Gasteiger partial charge in [0.25, 0.3) is 0 Å². The predicted octanol–water partition coefficient (Wildman–Crippen LogP) is 2.86. The van der Waals surface area contributed by atoms with Gasteiger partial charge in [0.2, 0.25) is 0 Å². The maximum absolute atomic E-state index is 4.53. The molecule has 116 valence electrons. The van der Waals surface area contributed by atoms with Crippen molar-refractivity contribution in [2.45, 2.75) is 59.0 Å². The van der Waals surface area contributed by atoms with Crippen LogP contribution in [0.1, 0.15) is 55.7 Å². The van der Waals surface area contributed by atoms with E-state index in [1.807, 2.05) is 14.0 Å². The molecule has 1 unspecified atom stereocenters. The van der Waals surface area contributed by atoms with E-state index in [1.54, 1.807) is 0 Å². The van der Waals surface area contributed by atoms with Crippen LogP contribution in [0.4, 0.5) is 0 Å². The Hall–Kier alpha value is -1.27. The van der Waals surface area contributed by atoms with E-state index in [0.717, 1.165) is 24.4 Å². The Morgan fingerprint density at radius 1 is 1.38 bits per heavy atom. The highest BCUT2D eigenvalue weighted by molar-refractivity contribution is 7.05. The Balaban J connectivity index is 2.31. The van der Waals surface area contributed by atoms with E-state index in [4.69, 9.17) is 0 Å². The predicted molar refractivity (Wildman–Crippen MR) is 86.8 cm³/mol. The number of nitrogens with one attached hydrogen (secondary N) is 1. The summed E-state index contributed by atoms with van der Waals surface area (Å²) < 4.78 is 6.25. The maximum Gasteiger partial charge on any atom is 0.0857 e. The second-order valence-corrected chi connectivity index (χ2v) is 7.16. The van der Waals surface area contributed by atoms with Crippen LogP contribution in [0, 0.1) is 6.92 Å². The number of nitrogens with zero attached hydrogens (tertiary/aromatic N) is 4. The van der Waals surface area contributed by atoms with Crippen molar-refractivity contribution in [2.75, 3.05) is 7.05 Å². The molecule has 2 rings (SSSR count). The average molecular weight is 307 g/mol. The van der Waals surface area contributed by atoms with Gasteiger partial charge in [-0.2, -0.15) is 5.10 Å².